The first kappa shape index (κ1) is 21.8. The van der Waals surface area contributed by atoms with Gasteiger partial charge in [-0.1, -0.05) is 0 Å². The van der Waals surface area contributed by atoms with Crippen LogP contribution in [0.25, 0.3) is 45.9 Å². The minimum Gasteiger partial charge on any atom is -0.355 e. The molecule has 1 aromatic carbocycles. The Balaban J connectivity index is 0.00000241. The Hall–Kier alpha value is -4.07. The first-order valence-electron chi connectivity index (χ1n) is 10.4. The predicted molar refractivity (Wildman–Crippen MR) is 130 cm³/mol. The van der Waals surface area contributed by atoms with E-state index in [4.69, 9.17) is 4.98 Å². The number of rotatable bonds is 2. The molecule has 0 radical (unpaired) electrons. The van der Waals surface area contributed by atoms with Crippen LogP contribution >= 0.6 is 0 Å². The minimum absolute atomic E-state index is 0. The Morgan fingerprint density at radius 1 is 0.676 bits per heavy atom. The number of non-ortho nitro benzene ring substituents is 1. The molecular weight excluding hydrogens is 462 g/mol. The summed E-state index contributed by atoms with van der Waals surface area (Å²) < 4.78 is 0. The number of aromatic nitrogens is 4. The molecule has 0 saturated carbocycles. The fourth-order valence-corrected chi connectivity index (χ4v) is 4.01. The van der Waals surface area contributed by atoms with Crippen LogP contribution in [0.1, 0.15) is 28.3 Å². The summed E-state index contributed by atoms with van der Waals surface area (Å²) in [5.41, 5.74) is 8.88. The third kappa shape index (κ3) is 4.26. The Kier molecular flexibility index (Phi) is 5.57. The van der Waals surface area contributed by atoms with Gasteiger partial charge in [-0.2, -0.15) is 0 Å². The maximum atomic E-state index is 11.1. The molecule has 3 aromatic heterocycles. The van der Waals surface area contributed by atoms with Crippen molar-refractivity contribution in [3.8, 4) is 0 Å². The second kappa shape index (κ2) is 8.70. The van der Waals surface area contributed by atoms with E-state index in [-0.39, 0.29) is 27.4 Å². The molecule has 8 heteroatoms. The van der Waals surface area contributed by atoms with E-state index in [0.717, 1.165) is 56.0 Å². The van der Waals surface area contributed by atoms with Crippen LogP contribution < -0.4 is 0 Å². The normalized spacial score (nSPS) is 12.2. The van der Waals surface area contributed by atoms with Crippen LogP contribution in [0.5, 0.6) is 0 Å². The average Bonchev–Trinajstić information content (AvgIpc) is 3.59. The summed E-state index contributed by atoms with van der Waals surface area (Å²) in [4.78, 5) is 26.9. The largest absolute Gasteiger partial charge is 0.355 e. The fourth-order valence-electron chi connectivity index (χ4n) is 4.01. The zero-order valence-electron chi connectivity index (χ0n) is 17.8. The van der Waals surface area contributed by atoms with Gasteiger partial charge < -0.3 is 9.97 Å². The first-order valence-corrected chi connectivity index (χ1v) is 10.4. The van der Waals surface area contributed by atoms with Crippen molar-refractivity contribution in [2.45, 2.75) is 0 Å². The van der Waals surface area contributed by atoms with Crippen molar-refractivity contribution in [3.05, 3.63) is 111 Å². The standard InChI is InChI=1S/C26H17N5O2.Ti/c32-31(33)24-9-1-16(2-10-24)25-14-23-13-21-6-5-19(28-21)11-17-3-4-18(27-17)12-20-7-8-22(29-20)15-26(25)30-23;/h1-15,28-29H;. The van der Waals surface area contributed by atoms with E-state index < -0.39 is 4.92 Å². The average molecular weight is 479 g/mol. The molecule has 2 aliphatic rings. The smallest absolute Gasteiger partial charge is 0.269 e. The molecule has 0 aliphatic carbocycles. The summed E-state index contributed by atoms with van der Waals surface area (Å²) in [6.45, 7) is 0. The van der Waals surface area contributed by atoms with Gasteiger partial charge in [0.05, 0.1) is 27.7 Å². The van der Waals surface area contributed by atoms with E-state index in [1.807, 2.05) is 66.8 Å². The van der Waals surface area contributed by atoms with Gasteiger partial charge >= 0.3 is 0 Å². The van der Waals surface area contributed by atoms with Crippen LogP contribution in [0.3, 0.4) is 0 Å². The van der Waals surface area contributed by atoms with Crippen LogP contribution in [0.2, 0.25) is 0 Å². The number of benzene rings is 1. The molecule has 0 atom stereocenters. The van der Waals surface area contributed by atoms with E-state index in [9.17, 15) is 10.1 Å². The maximum absolute atomic E-state index is 11.1. The minimum atomic E-state index is -0.396. The second-order valence-electron chi connectivity index (χ2n) is 7.89. The fraction of sp³-hybridized carbons (Fsp3) is 0. The van der Waals surface area contributed by atoms with E-state index in [1.165, 1.54) is 12.1 Å². The van der Waals surface area contributed by atoms with Gasteiger partial charge in [-0.15, -0.1) is 0 Å². The molecule has 162 valence electrons. The summed E-state index contributed by atoms with van der Waals surface area (Å²) in [6.07, 6.45) is 5.97. The molecule has 2 aliphatic heterocycles. The summed E-state index contributed by atoms with van der Waals surface area (Å²) >= 11 is 0. The van der Waals surface area contributed by atoms with E-state index in [0.29, 0.717) is 0 Å². The van der Waals surface area contributed by atoms with Crippen LogP contribution in [0.4, 0.5) is 5.69 Å². The van der Waals surface area contributed by atoms with Gasteiger partial charge in [0.2, 0.25) is 0 Å². The molecule has 2 N–H and O–H groups in total. The SMILES string of the molecule is O=[N+]([O-])c1ccc(C2=Cc3cc4ccc(cc5nc(cc6ccc(cc2n3)[nH]6)C=C5)[nH]4)cc1.[Ti]. The summed E-state index contributed by atoms with van der Waals surface area (Å²) in [5, 5.41) is 11.1. The quantitative estimate of drug-likeness (QED) is 0.181. The van der Waals surface area contributed by atoms with Gasteiger partial charge in [0.15, 0.2) is 0 Å². The number of nitro groups is 1. The Morgan fingerprint density at radius 3 is 1.76 bits per heavy atom. The molecular formula is C26H17N5O2Ti. The Labute approximate surface area is 209 Å². The van der Waals surface area contributed by atoms with E-state index in [2.05, 4.69) is 15.0 Å². The number of hydrogen-bond acceptors (Lipinski definition) is 4. The van der Waals surface area contributed by atoms with E-state index >= 15 is 0 Å². The zero-order valence-corrected chi connectivity index (χ0v) is 19.4. The number of aromatic amines is 2. The van der Waals surface area contributed by atoms with Crippen molar-refractivity contribution in [1.82, 2.24) is 19.9 Å². The number of nitrogens with zero attached hydrogens (tertiary/aromatic N) is 3. The van der Waals surface area contributed by atoms with Crippen molar-refractivity contribution >= 4 is 51.6 Å². The topological polar surface area (TPSA) is 100 Å². The maximum Gasteiger partial charge on any atom is 0.269 e. The third-order valence-corrected chi connectivity index (χ3v) is 5.55. The van der Waals surface area contributed by atoms with Gasteiger partial charge in [0.1, 0.15) is 0 Å². The molecule has 0 spiro atoms. The number of nitro benzene ring substituents is 1. The summed E-state index contributed by atoms with van der Waals surface area (Å²) in [6, 6.07) is 22.5. The Bertz CT molecular complexity index is 1650. The van der Waals surface area contributed by atoms with Gasteiger partial charge in [-0.25, -0.2) is 9.97 Å². The van der Waals surface area contributed by atoms with Crippen LogP contribution in [-0.2, 0) is 21.7 Å². The summed E-state index contributed by atoms with van der Waals surface area (Å²) in [7, 11) is 0. The molecule has 8 bridgehead atoms. The van der Waals surface area contributed by atoms with Gasteiger partial charge in [-0.05, 0) is 84.5 Å². The summed E-state index contributed by atoms with van der Waals surface area (Å²) in [5.74, 6) is 0. The number of fused-ring (bicyclic) bond motifs is 8. The molecule has 7 nitrogen and oxygen atoms in total. The molecule has 4 aromatic rings. The molecule has 5 heterocycles. The zero-order chi connectivity index (χ0) is 22.4. The number of H-pyrrole nitrogens is 2. The van der Waals surface area contributed by atoms with Crippen molar-refractivity contribution in [2.75, 3.05) is 0 Å². The number of nitrogens with one attached hydrogen (secondary N) is 2. The molecule has 34 heavy (non-hydrogen) atoms. The molecule has 0 unspecified atom stereocenters. The van der Waals surface area contributed by atoms with E-state index in [1.54, 1.807) is 12.1 Å². The van der Waals surface area contributed by atoms with Crippen molar-refractivity contribution in [3.63, 3.8) is 0 Å². The van der Waals surface area contributed by atoms with Crippen molar-refractivity contribution in [1.29, 1.82) is 0 Å². The predicted octanol–water partition coefficient (Wildman–Crippen LogP) is 5.98. The Morgan fingerprint density at radius 2 is 1.21 bits per heavy atom. The van der Waals surface area contributed by atoms with Crippen LogP contribution in [-0.4, -0.2) is 24.9 Å². The van der Waals surface area contributed by atoms with Gasteiger partial charge in [-0.3, -0.25) is 10.1 Å². The van der Waals surface area contributed by atoms with Gasteiger partial charge in [0.25, 0.3) is 5.69 Å². The molecule has 0 fully saturated rings. The van der Waals surface area contributed by atoms with Crippen molar-refractivity contribution in [2.24, 2.45) is 0 Å². The molecule has 0 saturated heterocycles. The number of hydrogen-bond donors (Lipinski definition) is 2. The van der Waals surface area contributed by atoms with Crippen LogP contribution in [0.15, 0.2) is 72.8 Å². The first-order chi connectivity index (χ1) is 16.1. The third-order valence-electron chi connectivity index (χ3n) is 5.55. The molecule has 0 amide bonds. The monoisotopic (exact) mass is 479 g/mol. The van der Waals surface area contributed by atoms with Crippen molar-refractivity contribution < 1.29 is 26.6 Å². The van der Waals surface area contributed by atoms with Gasteiger partial charge in [0, 0.05) is 61.5 Å². The van der Waals surface area contributed by atoms with Crippen LogP contribution in [0, 0.1) is 10.1 Å². The second-order valence-corrected chi connectivity index (χ2v) is 7.89. The molecule has 6 rings (SSSR count).